The SMILES string of the molecule is CC(O)CCN(C)c1cc(F)c(C(=O)O)cc1N. The molecule has 1 rings (SSSR count). The van der Waals surface area contributed by atoms with Crippen LogP contribution in [-0.2, 0) is 0 Å². The highest BCUT2D eigenvalue weighted by molar-refractivity contribution is 5.90. The average Bonchev–Trinajstić information content (AvgIpc) is 2.28. The van der Waals surface area contributed by atoms with E-state index in [1.807, 2.05) is 0 Å². The number of rotatable bonds is 5. The van der Waals surface area contributed by atoms with Crippen LogP contribution in [0.15, 0.2) is 12.1 Å². The van der Waals surface area contributed by atoms with Gasteiger partial charge < -0.3 is 20.8 Å². The highest BCUT2D eigenvalue weighted by Gasteiger charge is 2.15. The summed E-state index contributed by atoms with van der Waals surface area (Å²) in [7, 11) is 1.70. The van der Waals surface area contributed by atoms with Gasteiger partial charge in [0.2, 0.25) is 0 Å². The van der Waals surface area contributed by atoms with E-state index in [9.17, 15) is 14.3 Å². The number of hydrogen-bond donors (Lipinski definition) is 3. The summed E-state index contributed by atoms with van der Waals surface area (Å²) in [4.78, 5) is 12.4. The first-order chi connectivity index (χ1) is 8.32. The van der Waals surface area contributed by atoms with Crippen molar-refractivity contribution in [2.45, 2.75) is 19.4 Å². The number of nitrogens with two attached hydrogens (primary N) is 1. The Balaban J connectivity index is 2.96. The molecule has 0 aromatic heterocycles. The summed E-state index contributed by atoms with van der Waals surface area (Å²) in [6, 6.07) is 2.20. The normalized spacial score (nSPS) is 12.2. The Morgan fingerprint density at radius 3 is 2.67 bits per heavy atom. The summed E-state index contributed by atoms with van der Waals surface area (Å²) in [6.07, 6.45) is 0.0509. The number of halogens is 1. The fraction of sp³-hybridized carbons (Fsp3) is 0.417. The molecule has 1 aromatic rings. The predicted molar refractivity (Wildman–Crippen MR) is 67.3 cm³/mol. The largest absolute Gasteiger partial charge is 0.478 e. The average molecular weight is 256 g/mol. The summed E-state index contributed by atoms with van der Waals surface area (Å²) in [6.45, 7) is 2.15. The van der Waals surface area contributed by atoms with Gasteiger partial charge in [0.05, 0.1) is 23.0 Å². The molecular weight excluding hydrogens is 239 g/mol. The van der Waals surface area contributed by atoms with Gasteiger partial charge in [0.25, 0.3) is 0 Å². The first-order valence-corrected chi connectivity index (χ1v) is 5.54. The van der Waals surface area contributed by atoms with Crippen LogP contribution in [0.1, 0.15) is 23.7 Å². The minimum Gasteiger partial charge on any atom is -0.478 e. The first kappa shape index (κ1) is 14.2. The number of benzene rings is 1. The molecule has 0 aliphatic carbocycles. The molecule has 0 bridgehead atoms. The molecule has 1 unspecified atom stereocenters. The van der Waals surface area contributed by atoms with Crippen molar-refractivity contribution in [1.82, 2.24) is 0 Å². The predicted octanol–water partition coefficient (Wildman–Crippen LogP) is 1.31. The third-order valence-corrected chi connectivity index (χ3v) is 2.64. The molecule has 6 heteroatoms. The van der Waals surface area contributed by atoms with Crippen LogP contribution in [0.4, 0.5) is 15.8 Å². The molecule has 0 fully saturated rings. The van der Waals surface area contributed by atoms with Crippen molar-refractivity contribution >= 4 is 17.3 Å². The van der Waals surface area contributed by atoms with Crippen molar-refractivity contribution in [2.24, 2.45) is 0 Å². The maximum absolute atomic E-state index is 13.5. The van der Waals surface area contributed by atoms with Gasteiger partial charge in [0, 0.05) is 19.7 Å². The van der Waals surface area contributed by atoms with E-state index >= 15 is 0 Å². The second-order valence-corrected chi connectivity index (χ2v) is 4.26. The highest BCUT2D eigenvalue weighted by atomic mass is 19.1. The fourth-order valence-corrected chi connectivity index (χ4v) is 1.57. The van der Waals surface area contributed by atoms with Crippen LogP contribution in [0.5, 0.6) is 0 Å². The lowest BCUT2D eigenvalue weighted by Crippen LogP contribution is -2.23. The van der Waals surface area contributed by atoms with Crippen molar-refractivity contribution in [2.75, 3.05) is 24.2 Å². The second kappa shape index (κ2) is 5.68. The number of aliphatic hydroxyl groups is 1. The number of aromatic carboxylic acids is 1. The Labute approximate surface area is 105 Å². The molecule has 0 spiro atoms. The van der Waals surface area contributed by atoms with Gasteiger partial charge in [0.1, 0.15) is 5.82 Å². The molecule has 18 heavy (non-hydrogen) atoms. The third-order valence-electron chi connectivity index (χ3n) is 2.64. The zero-order valence-corrected chi connectivity index (χ0v) is 10.4. The molecule has 5 nitrogen and oxygen atoms in total. The molecule has 4 N–H and O–H groups in total. The van der Waals surface area contributed by atoms with Gasteiger partial charge in [-0.05, 0) is 19.4 Å². The molecule has 0 saturated carbocycles. The molecule has 0 saturated heterocycles. The standard InChI is InChI=1S/C12H17FN2O3/c1-7(16)3-4-15(2)11-6-9(13)8(12(17)18)5-10(11)14/h5-7,16H,3-4,14H2,1-2H3,(H,17,18). The number of anilines is 2. The van der Waals surface area contributed by atoms with Crippen LogP contribution in [0.25, 0.3) is 0 Å². The molecular formula is C12H17FN2O3. The number of carboxylic acids is 1. The van der Waals surface area contributed by atoms with Crippen LogP contribution in [0.2, 0.25) is 0 Å². The molecule has 100 valence electrons. The number of carboxylic acid groups (broad SMARTS) is 1. The van der Waals surface area contributed by atoms with Crippen molar-refractivity contribution < 1.29 is 19.4 Å². The van der Waals surface area contributed by atoms with Gasteiger partial charge >= 0.3 is 5.97 Å². The van der Waals surface area contributed by atoms with E-state index < -0.39 is 23.5 Å². The zero-order valence-electron chi connectivity index (χ0n) is 10.4. The van der Waals surface area contributed by atoms with Gasteiger partial charge in [-0.15, -0.1) is 0 Å². The Kier molecular flexibility index (Phi) is 4.49. The Hall–Kier alpha value is -1.82. The summed E-state index contributed by atoms with van der Waals surface area (Å²) in [5.74, 6) is -2.17. The van der Waals surface area contributed by atoms with E-state index in [0.717, 1.165) is 12.1 Å². The van der Waals surface area contributed by atoms with Gasteiger partial charge in [-0.3, -0.25) is 0 Å². The monoisotopic (exact) mass is 256 g/mol. The van der Waals surface area contributed by atoms with E-state index in [-0.39, 0.29) is 5.69 Å². The quantitative estimate of drug-likeness (QED) is 0.691. The lowest BCUT2D eigenvalue weighted by Gasteiger charge is -2.22. The fourth-order valence-electron chi connectivity index (χ4n) is 1.57. The van der Waals surface area contributed by atoms with Crippen LogP contribution in [0, 0.1) is 5.82 Å². The van der Waals surface area contributed by atoms with Crippen molar-refractivity contribution in [3.8, 4) is 0 Å². The summed E-state index contributed by atoms with van der Waals surface area (Å²) < 4.78 is 13.5. The number of aliphatic hydroxyl groups excluding tert-OH is 1. The maximum Gasteiger partial charge on any atom is 0.338 e. The van der Waals surface area contributed by atoms with Gasteiger partial charge in [0.15, 0.2) is 0 Å². The van der Waals surface area contributed by atoms with E-state index in [4.69, 9.17) is 10.8 Å². The van der Waals surface area contributed by atoms with Crippen molar-refractivity contribution in [3.05, 3.63) is 23.5 Å². The van der Waals surface area contributed by atoms with E-state index in [2.05, 4.69) is 0 Å². The summed E-state index contributed by atoms with van der Waals surface area (Å²) >= 11 is 0. The third kappa shape index (κ3) is 3.33. The minimum absolute atomic E-state index is 0.196. The van der Waals surface area contributed by atoms with Gasteiger partial charge in [-0.25, -0.2) is 9.18 Å². The number of nitrogen functional groups attached to an aromatic ring is 1. The molecule has 0 amide bonds. The molecule has 1 atom stereocenters. The van der Waals surface area contributed by atoms with Gasteiger partial charge in [-0.2, -0.15) is 0 Å². The van der Waals surface area contributed by atoms with Gasteiger partial charge in [-0.1, -0.05) is 0 Å². The van der Waals surface area contributed by atoms with Crippen LogP contribution < -0.4 is 10.6 Å². The Morgan fingerprint density at radius 2 is 2.17 bits per heavy atom. The first-order valence-electron chi connectivity index (χ1n) is 5.54. The van der Waals surface area contributed by atoms with E-state index in [0.29, 0.717) is 18.7 Å². The maximum atomic E-state index is 13.5. The molecule has 0 heterocycles. The number of hydrogen-bond acceptors (Lipinski definition) is 4. The summed E-state index contributed by atoms with van der Waals surface area (Å²) in [5, 5.41) is 17.9. The molecule has 0 aliphatic heterocycles. The summed E-state index contributed by atoms with van der Waals surface area (Å²) in [5.41, 5.74) is 5.87. The lowest BCUT2D eigenvalue weighted by atomic mass is 10.1. The molecule has 0 radical (unpaired) electrons. The number of nitrogens with zero attached hydrogens (tertiary/aromatic N) is 1. The molecule has 0 aliphatic rings. The van der Waals surface area contributed by atoms with E-state index in [1.165, 1.54) is 0 Å². The van der Waals surface area contributed by atoms with Crippen LogP contribution in [-0.4, -0.2) is 35.9 Å². The molecule has 1 aromatic carbocycles. The van der Waals surface area contributed by atoms with E-state index in [1.54, 1.807) is 18.9 Å². The zero-order chi connectivity index (χ0) is 13.9. The van der Waals surface area contributed by atoms with Crippen molar-refractivity contribution in [3.63, 3.8) is 0 Å². The topological polar surface area (TPSA) is 86.8 Å². The van der Waals surface area contributed by atoms with Crippen LogP contribution in [0.3, 0.4) is 0 Å². The van der Waals surface area contributed by atoms with Crippen LogP contribution >= 0.6 is 0 Å². The second-order valence-electron chi connectivity index (χ2n) is 4.26. The highest BCUT2D eigenvalue weighted by Crippen LogP contribution is 2.26. The minimum atomic E-state index is -1.35. The Morgan fingerprint density at radius 1 is 1.56 bits per heavy atom. The van der Waals surface area contributed by atoms with Crippen molar-refractivity contribution in [1.29, 1.82) is 0 Å². The lowest BCUT2D eigenvalue weighted by molar-refractivity contribution is 0.0692. The Bertz CT molecular complexity index is 449. The smallest absolute Gasteiger partial charge is 0.338 e. The number of carbonyl (C=O) groups is 1.